The van der Waals surface area contributed by atoms with Crippen molar-refractivity contribution in [1.82, 2.24) is 16.0 Å². The number of rotatable bonds is 7. The lowest BCUT2D eigenvalue weighted by Crippen LogP contribution is -2.48. The molecule has 1 aliphatic rings. The molecule has 0 saturated heterocycles. The molecule has 9 heteroatoms. The van der Waals surface area contributed by atoms with E-state index in [1.807, 2.05) is 6.07 Å². The fourth-order valence-electron chi connectivity index (χ4n) is 2.43. The second kappa shape index (κ2) is 11.7. The molecule has 0 aliphatic heterocycles. The number of benzene rings is 1. The number of halogens is 3. The fraction of sp³-hybridized carbons (Fsp3) is 0.529. The summed E-state index contributed by atoms with van der Waals surface area (Å²) in [6.45, 7) is 3.26. The van der Waals surface area contributed by atoms with E-state index in [2.05, 4.69) is 20.9 Å². The van der Waals surface area contributed by atoms with Crippen LogP contribution in [-0.2, 0) is 11.3 Å². The van der Waals surface area contributed by atoms with Crippen molar-refractivity contribution >= 4 is 59.2 Å². The summed E-state index contributed by atoms with van der Waals surface area (Å²) >= 11 is 12.1. The summed E-state index contributed by atoms with van der Waals surface area (Å²) in [5, 5.41) is 10.6. The number of carbonyl (C=O) groups excluding carboxylic acids is 1. The van der Waals surface area contributed by atoms with Gasteiger partial charge in [-0.3, -0.25) is 4.99 Å². The minimum absolute atomic E-state index is 0. The Morgan fingerprint density at radius 1 is 1.35 bits per heavy atom. The Morgan fingerprint density at radius 3 is 2.65 bits per heavy atom. The van der Waals surface area contributed by atoms with E-state index >= 15 is 0 Å². The number of aliphatic imine (C=N–C) groups is 1. The molecule has 1 amide bonds. The van der Waals surface area contributed by atoms with Crippen molar-refractivity contribution in [3.8, 4) is 0 Å². The normalized spacial score (nSPS) is 14.8. The Kier molecular flexibility index (Phi) is 10.4. The fourth-order valence-corrected chi connectivity index (χ4v) is 2.90. The summed E-state index contributed by atoms with van der Waals surface area (Å²) in [5.41, 5.74) is 0.928. The van der Waals surface area contributed by atoms with Gasteiger partial charge in [0.1, 0.15) is 0 Å². The quantitative estimate of drug-likeness (QED) is 0.294. The lowest BCUT2D eigenvalue weighted by Gasteiger charge is -2.20. The molecule has 1 saturated carbocycles. The van der Waals surface area contributed by atoms with Crippen LogP contribution in [0.5, 0.6) is 0 Å². The van der Waals surface area contributed by atoms with Crippen molar-refractivity contribution in [1.29, 1.82) is 0 Å². The van der Waals surface area contributed by atoms with Crippen molar-refractivity contribution < 1.29 is 9.53 Å². The number of hydrogen-bond donors (Lipinski definition) is 3. The zero-order chi connectivity index (χ0) is 18.2. The van der Waals surface area contributed by atoms with Crippen molar-refractivity contribution in [2.24, 2.45) is 10.9 Å². The van der Waals surface area contributed by atoms with Crippen LogP contribution in [0.1, 0.15) is 25.3 Å². The Morgan fingerprint density at radius 2 is 2.08 bits per heavy atom. The van der Waals surface area contributed by atoms with Gasteiger partial charge in [-0.05, 0) is 43.4 Å². The third kappa shape index (κ3) is 7.75. The molecule has 1 fully saturated rings. The molecule has 0 bridgehead atoms. The summed E-state index contributed by atoms with van der Waals surface area (Å²) in [6.07, 6.45) is 1.85. The lowest BCUT2D eigenvalue weighted by molar-refractivity contribution is 0.146. The number of nitrogens with zero attached hydrogens (tertiary/aromatic N) is 1. The Labute approximate surface area is 181 Å². The zero-order valence-corrected chi connectivity index (χ0v) is 18.7. The van der Waals surface area contributed by atoms with E-state index in [-0.39, 0.29) is 36.1 Å². The van der Waals surface area contributed by atoms with Crippen molar-refractivity contribution in [2.45, 2.75) is 32.4 Å². The number of guanidine groups is 1. The van der Waals surface area contributed by atoms with E-state index in [4.69, 9.17) is 27.9 Å². The largest absolute Gasteiger partial charge is 0.450 e. The van der Waals surface area contributed by atoms with Gasteiger partial charge in [0.25, 0.3) is 0 Å². The van der Waals surface area contributed by atoms with Gasteiger partial charge in [-0.1, -0.05) is 29.3 Å². The number of carbonyl (C=O) groups is 1. The van der Waals surface area contributed by atoms with Gasteiger partial charge in [0.05, 0.1) is 12.6 Å². The van der Waals surface area contributed by atoms with Crippen LogP contribution in [0.15, 0.2) is 23.2 Å². The summed E-state index contributed by atoms with van der Waals surface area (Å²) in [6, 6.07) is 5.41. The molecule has 1 aromatic rings. The number of amides is 1. The van der Waals surface area contributed by atoms with Crippen molar-refractivity contribution in [3.63, 3.8) is 0 Å². The van der Waals surface area contributed by atoms with Gasteiger partial charge >= 0.3 is 6.09 Å². The van der Waals surface area contributed by atoms with Crippen molar-refractivity contribution in [3.05, 3.63) is 33.8 Å². The Hall–Kier alpha value is -0.930. The van der Waals surface area contributed by atoms with Crippen LogP contribution in [0, 0.1) is 5.92 Å². The summed E-state index contributed by atoms with van der Waals surface area (Å²) in [5.74, 6) is 1.13. The first-order valence-electron chi connectivity index (χ1n) is 8.35. The lowest BCUT2D eigenvalue weighted by atomic mass is 10.2. The second-order valence-corrected chi connectivity index (χ2v) is 6.69. The highest BCUT2D eigenvalue weighted by atomic mass is 127. The molecule has 1 atom stereocenters. The summed E-state index contributed by atoms with van der Waals surface area (Å²) in [7, 11) is 1.70. The predicted molar refractivity (Wildman–Crippen MR) is 117 cm³/mol. The molecule has 1 aromatic carbocycles. The molecule has 0 aromatic heterocycles. The maximum absolute atomic E-state index is 11.6. The van der Waals surface area contributed by atoms with Crippen LogP contribution in [0.25, 0.3) is 0 Å². The van der Waals surface area contributed by atoms with E-state index in [9.17, 15) is 4.79 Å². The maximum atomic E-state index is 11.6. The van der Waals surface area contributed by atoms with Gasteiger partial charge in [-0.2, -0.15) is 0 Å². The maximum Gasteiger partial charge on any atom is 0.407 e. The molecular weight excluding hydrogens is 490 g/mol. The van der Waals surface area contributed by atoms with Crippen LogP contribution in [0.3, 0.4) is 0 Å². The first-order valence-corrected chi connectivity index (χ1v) is 9.10. The van der Waals surface area contributed by atoms with Crippen LogP contribution in [0.2, 0.25) is 10.0 Å². The topological polar surface area (TPSA) is 74.8 Å². The van der Waals surface area contributed by atoms with Gasteiger partial charge < -0.3 is 20.7 Å². The summed E-state index contributed by atoms with van der Waals surface area (Å²) in [4.78, 5) is 15.8. The average molecular weight is 515 g/mol. The van der Waals surface area contributed by atoms with E-state index in [0.29, 0.717) is 41.6 Å². The number of ether oxygens (including phenoxy) is 1. The number of hydrogen-bond acceptors (Lipinski definition) is 3. The van der Waals surface area contributed by atoms with Gasteiger partial charge in [-0.25, -0.2) is 4.79 Å². The van der Waals surface area contributed by atoms with Gasteiger partial charge in [0.15, 0.2) is 5.96 Å². The highest BCUT2D eigenvalue weighted by molar-refractivity contribution is 14.0. The standard InChI is InChI=1S/C17H24Cl2N4O2.HI/c1-3-25-17(24)23-15(11-4-5-11)10-22-16(20-2)21-9-12-6-7-13(18)8-14(12)19;/h6-8,11,15H,3-5,9-10H2,1-2H3,(H,23,24)(H2,20,21,22);1H. The SMILES string of the molecule is CCOC(=O)NC(CNC(=NC)NCc1ccc(Cl)cc1Cl)C1CC1.I. The van der Waals surface area contributed by atoms with Gasteiger partial charge in [0, 0.05) is 30.2 Å². The molecule has 146 valence electrons. The van der Waals surface area contributed by atoms with Crippen LogP contribution in [-0.4, -0.2) is 38.3 Å². The first kappa shape index (κ1) is 23.1. The monoisotopic (exact) mass is 514 g/mol. The van der Waals surface area contributed by atoms with Crippen LogP contribution >= 0.6 is 47.2 Å². The molecule has 0 spiro atoms. The molecule has 3 N–H and O–H groups in total. The molecule has 26 heavy (non-hydrogen) atoms. The zero-order valence-electron chi connectivity index (χ0n) is 14.9. The third-order valence-electron chi connectivity index (χ3n) is 3.94. The molecular formula is C17H25Cl2IN4O2. The highest BCUT2D eigenvalue weighted by Crippen LogP contribution is 2.32. The highest BCUT2D eigenvalue weighted by Gasteiger charge is 2.32. The summed E-state index contributed by atoms with van der Waals surface area (Å²) < 4.78 is 4.96. The minimum Gasteiger partial charge on any atom is -0.450 e. The van der Waals surface area contributed by atoms with Crippen LogP contribution < -0.4 is 16.0 Å². The van der Waals surface area contributed by atoms with E-state index < -0.39 is 0 Å². The molecule has 2 rings (SSSR count). The van der Waals surface area contributed by atoms with E-state index in [0.717, 1.165) is 18.4 Å². The van der Waals surface area contributed by atoms with Crippen molar-refractivity contribution in [2.75, 3.05) is 20.2 Å². The number of alkyl carbamates (subject to hydrolysis) is 1. The van der Waals surface area contributed by atoms with E-state index in [1.165, 1.54) is 0 Å². The third-order valence-corrected chi connectivity index (χ3v) is 4.53. The Bertz CT molecular complexity index is 627. The van der Waals surface area contributed by atoms with Gasteiger partial charge in [0.2, 0.25) is 0 Å². The molecule has 6 nitrogen and oxygen atoms in total. The second-order valence-electron chi connectivity index (χ2n) is 5.85. The average Bonchev–Trinajstić information content (AvgIpc) is 3.40. The molecule has 1 aliphatic carbocycles. The van der Waals surface area contributed by atoms with E-state index in [1.54, 1.807) is 26.1 Å². The molecule has 1 unspecified atom stereocenters. The van der Waals surface area contributed by atoms with Crippen LogP contribution in [0.4, 0.5) is 4.79 Å². The minimum atomic E-state index is -0.378. The first-order chi connectivity index (χ1) is 12.0. The molecule has 0 radical (unpaired) electrons. The smallest absolute Gasteiger partial charge is 0.407 e. The Balaban J connectivity index is 0.00000338. The predicted octanol–water partition coefficient (Wildman–Crippen LogP) is 3.80. The van der Waals surface area contributed by atoms with Gasteiger partial charge in [-0.15, -0.1) is 24.0 Å². The number of nitrogens with one attached hydrogen (secondary N) is 3. The molecule has 0 heterocycles.